The summed E-state index contributed by atoms with van der Waals surface area (Å²) in [5.41, 5.74) is 0. The Kier molecular flexibility index (Phi) is 49.0. The van der Waals surface area contributed by atoms with Crippen LogP contribution in [0.1, 0.15) is 297 Å². The lowest BCUT2D eigenvalue weighted by molar-refractivity contribution is -0.151. The van der Waals surface area contributed by atoms with E-state index in [2.05, 4.69) is 50.4 Å². The third-order valence-electron chi connectivity index (χ3n) is 12.8. The number of esters is 1. The van der Waals surface area contributed by atoms with E-state index >= 15 is 0 Å². The molecule has 3 atom stereocenters. The zero-order valence-corrected chi connectivity index (χ0v) is 41.8. The standard InChI is InChI=1S/C56H107NO5/c1-4-7-10-13-16-19-22-25-28-30-33-36-39-42-45-48-54(59)53(51-58)57-55(60)50-52(47-44-41-38-35-32-29-26-23-20-17-14-11-8-5-2)62-56(61)49-46-43-40-37-34-31-27-24-21-18-15-12-9-6-3/h9,12,18,21,52-54,58-59H,4-8,10-11,13-17,19-20,22-51H2,1-3H3,(H,57,60)/b12-9+,21-18+. The van der Waals surface area contributed by atoms with E-state index in [4.69, 9.17) is 4.74 Å². The molecule has 0 saturated heterocycles. The average molecular weight is 874 g/mol. The van der Waals surface area contributed by atoms with Crippen LogP contribution in [0.15, 0.2) is 24.3 Å². The molecule has 0 aromatic rings. The van der Waals surface area contributed by atoms with Crippen molar-refractivity contribution in [3.05, 3.63) is 24.3 Å². The molecule has 0 aromatic heterocycles. The molecule has 0 aromatic carbocycles. The third-order valence-corrected chi connectivity index (χ3v) is 12.8. The quantitative estimate of drug-likeness (QED) is 0.0321. The van der Waals surface area contributed by atoms with Crippen molar-refractivity contribution >= 4 is 11.9 Å². The van der Waals surface area contributed by atoms with E-state index in [-0.39, 0.29) is 24.9 Å². The Morgan fingerprint density at radius 2 is 0.871 bits per heavy atom. The Labute approximate surface area is 386 Å². The average Bonchev–Trinajstić information content (AvgIpc) is 3.26. The summed E-state index contributed by atoms with van der Waals surface area (Å²) in [6.45, 7) is 6.41. The Balaban J connectivity index is 4.52. The maximum atomic E-state index is 13.2. The zero-order chi connectivity index (χ0) is 45.2. The Morgan fingerprint density at radius 1 is 0.484 bits per heavy atom. The van der Waals surface area contributed by atoms with Gasteiger partial charge in [0.15, 0.2) is 0 Å². The topological polar surface area (TPSA) is 95.9 Å². The molecule has 3 N–H and O–H groups in total. The number of aliphatic hydroxyl groups is 2. The molecule has 6 heteroatoms. The van der Waals surface area contributed by atoms with Crippen LogP contribution in [0.4, 0.5) is 0 Å². The van der Waals surface area contributed by atoms with Crippen molar-refractivity contribution in [1.29, 1.82) is 0 Å². The molecule has 366 valence electrons. The van der Waals surface area contributed by atoms with Crippen molar-refractivity contribution in [2.45, 2.75) is 315 Å². The number of amides is 1. The van der Waals surface area contributed by atoms with Crippen molar-refractivity contribution < 1.29 is 24.5 Å². The second-order valence-electron chi connectivity index (χ2n) is 19.0. The Hall–Kier alpha value is -1.66. The maximum absolute atomic E-state index is 13.2. The molecule has 0 fully saturated rings. The highest BCUT2D eigenvalue weighted by Crippen LogP contribution is 2.19. The molecule has 1 amide bonds. The summed E-state index contributed by atoms with van der Waals surface area (Å²) in [4.78, 5) is 26.2. The molecular weight excluding hydrogens is 767 g/mol. The van der Waals surface area contributed by atoms with Gasteiger partial charge in [-0.05, 0) is 51.4 Å². The van der Waals surface area contributed by atoms with Crippen molar-refractivity contribution in [1.82, 2.24) is 5.32 Å². The van der Waals surface area contributed by atoms with E-state index < -0.39 is 18.2 Å². The normalized spacial score (nSPS) is 13.3. The zero-order valence-electron chi connectivity index (χ0n) is 41.8. The number of allylic oxidation sites excluding steroid dienone is 4. The van der Waals surface area contributed by atoms with Gasteiger partial charge in [-0.1, -0.05) is 257 Å². The van der Waals surface area contributed by atoms with Gasteiger partial charge in [-0.2, -0.15) is 0 Å². The molecule has 0 bridgehead atoms. The molecule has 6 nitrogen and oxygen atoms in total. The van der Waals surface area contributed by atoms with E-state index in [1.54, 1.807) is 0 Å². The Bertz CT molecular complexity index is 981. The first kappa shape index (κ1) is 60.3. The molecule has 0 aliphatic heterocycles. The van der Waals surface area contributed by atoms with E-state index in [1.165, 1.54) is 186 Å². The van der Waals surface area contributed by atoms with Gasteiger partial charge in [0.25, 0.3) is 0 Å². The van der Waals surface area contributed by atoms with Gasteiger partial charge in [0, 0.05) is 6.42 Å². The predicted octanol–water partition coefficient (Wildman–Crippen LogP) is 16.7. The van der Waals surface area contributed by atoms with Gasteiger partial charge in [0.05, 0.1) is 25.2 Å². The number of hydrogen-bond donors (Lipinski definition) is 3. The number of nitrogens with one attached hydrogen (secondary N) is 1. The number of carbonyl (C=O) groups excluding carboxylic acids is 2. The van der Waals surface area contributed by atoms with Crippen LogP contribution in [0.3, 0.4) is 0 Å². The van der Waals surface area contributed by atoms with Crippen LogP contribution >= 0.6 is 0 Å². The minimum absolute atomic E-state index is 0.0803. The summed E-state index contributed by atoms with van der Waals surface area (Å²) in [7, 11) is 0. The van der Waals surface area contributed by atoms with Gasteiger partial charge in [0.2, 0.25) is 5.91 Å². The fraction of sp³-hybridized carbons (Fsp3) is 0.893. The lowest BCUT2D eigenvalue weighted by Gasteiger charge is -2.24. The van der Waals surface area contributed by atoms with E-state index in [1.807, 2.05) is 0 Å². The van der Waals surface area contributed by atoms with Gasteiger partial charge >= 0.3 is 5.97 Å². The third kappa shape index (κ3) is 44.9. The fourth-order valence-corrected chi connectivity index (χ4v) is 8.65. The maximum Gasteiger partial charge on any atom is 0.306 e. The number of carbonyl (C=O) groups is 2. The lowest BCUT2D eigenvalue weighted by atomic mass is 10.0. The molecule has 0 spiro atoms. The first-order chi connectivity index (χ1) is 30.5. The summed E-state index contributed by atoms with van der Waals surface area (Å²) in [6.07, 6.45) is 58.1. The predicted molar refractivity (Wildman–Crippen MR) is 269 cm³/mol. The van der Waals surface area contributed by atoms with Crippen molar-refractivity contribution in [3.8, 4) is 0 Å². The number of ether oxygens (including phenoxy) is 1. The van der Waals surface area contributed by atoms with Gasteiger partial charge in [-0.25, -0.2) is 0 Å². The number of rotatable bonds is 50. The van der Waals surface area contributed by atoms with E-state index in [9.17, 15) is 19.8 Å². The molecular formula is C56H107NO5. The molecule has 0 aliphatic rings. The molecule has 0 radical (unpaired) electrons. The molecule has 0 rings (SSSR count). The first-order valence-electron chi connectivity index (χ1n) is 27.6. The fourth-order valence-electron chi connectivity index (χ4n) is 8.65. The van der Waals surface area contributed by atoms with Crippen molar-refractivity contribution in [2.24, 2.45) is 0 Å². The molecule has 62 heavy (non-hydrogen) atoms. The van der Waals surface area contributed by atoms with Gasteiger partial charge < -0.3 is 20.3 Å². The van der Waals surface area contributed by atoms with Crippen LogP contribution in [0.2, 0.25) is 0 Å². The summed E-state index contributed by atoms with van der Waals surface area (Å²) in [5, 5.41) is 23.8. The van der Waals surface area contributed by atoms with Gasteiger partial charge in [0.1, 0.15) is 6.10 Å². The molecule has 3 unspecified atom stereocenters. The van der Waals surface area contributed by atoms with Crippen LogP contribution in [0.25, 0.3) is 0 Å². The number of unbranched alkanes of at least 4 members (excludes halogenated alkanes) is 34. The van der Waals surface area contributed by atoms with Crippen molar-refractivity contribution in [2.75, 3.05) is 6.61 Å². The van der Waals surface area contributed by atoms with E-state index in [0.717, 1.165) is 64.2 Å². The minimum atomic E-state index is -0.785. The summed E-state index contributed by atoms with van der Waals surface area (Å²) < 4.78 is 5.95. The van der Waals surface area contributed by atoms with Crippen LogP contribution < -0.4 is 5.32 Å². The number of aliphatic hydroxyl groups excluding tert-OH is 2. The van der Waals surface area contributed by atoms with Crippen LogP contribution in [0, 0.1) is 0 Å². The molecule has 0 heterocycles. The minimum Gasteiger partial charge on any atom is -0.462 e. The molecule has 0 aliphatic carbocycles. The second-order valence-corrected chi connectivity index (χ2v) is 19.0. The first-order valence-corrected chi connectivity index (χ1v) is 27.6. The van der Waals surface area contributed by atoms with Gasteiger partial charge in [-0.15, -0.1) is 0 Å². The smallest absolute Gasteiger partial charge is 0.306 e. The summed E-state index contributed by atoms with van der Waals surface area (Å²) >= 11 is 0. The summed E-state index contributed by atoms with van der Waals surface area (Å²) in [5.74, 6) is -0.466. The van der Waals surface area contributed by atoms with Gasteiger partial charge in [-0.3, -0.25) is 9.59 Å². The van der Waals surface area contributed by atoms with E-state index in [0.29, 0.717) is 19.3 Å². The van der Waals surface area contributed by atoms with Crippen molar-refractivity contribution in [3.63, 3.8) is 0 Å². The lowest BCUT2D eigenvalue weighted by Crippen LogP contribution is -2.46. The van der Waals surface area contributed by atoms with Crippen LogP contribution in [-0.4, -0.2) is 46.9 Å². The highest BCUT2D eigenvalue weighted by molar-refractivity contribution is 5.77. The SMILES string of the molecule is CC/C=C/C/C=C/CCCCCCCCCC(=O)OC(CCCCCCCCCCCCCCCC)CC(=O)NC(CO)C(O)CCCCCCCCCCCCCCCCC. The molecule has 0 saturated carbocycles. The monoisotopic (exact) mass is 874 g/mol. The Morgan fingerprint density at radius 3 is 1.31 bits per heavy atom. The van der Waals surface area contributed by atoms with Crippen LogP contribution in [-0.2, 0) is 14.3 Å². The largest absolute Gasteiger partial charge is 0.462 e. The highest BCUT2D eigenvalue weighted by atomic mass is 16.5. The second kappa shape index (κ2) is 50.3. The van der Waals surface area contributed by atoms with Crippen LogP contribution in [0.5, 0.6) is 0 Å². The highest BCUT2D eigenvalue weighted by Gasteiger charge is 2.24. The number of hydrogen-bond acceptors (Lipinski definition) is 5. The summed E-state index contributed by atoms with van der Waals surface area (Å²) in [6, 6.07) is -0.698.